The van der Waals surface area contributed by atoms with E-state index in [0.29, 0.717) is 15.9 Å². The fourth-order valence-electron chi connectivity index (χ4n) is 3.19. The van der Waals surface area contributed by atoms with Gasteiger partial charge in [0.05, 0.1) is 11.1 Å². The van der Waals surface area contributed by atoms with Crippen LogP contribution in [0.2, 0.25) is 0 Å². The molecule has 124 valence electrons. The Labute approximate surface area is 147 Å². The zero-order valence-electron chi connectivity index (χ0n) is 13.6. The molecular weight excluding hydrogens is 340 g/mol. The second-order valence-electron chi connectivity index (χ2n) is 6.38. The molecule has 0 fully saturated rings. The fraction of sp³-hybridized carbons (Fsp3) is 0.333. The van der Waals surface area contributed by atoms with Crippen molar-refractivity contribution in [3.8, 4) is 5.69 Å². The third kappa shape index (κ3) is 2.36. The molecule has 0 unspecified atom stereocenters. The summed E-state index contributed by atoms with van der Waals surface area (Å²) >= 11 is 3.50. The van der Waals surface area contributed by atoms with Crippen molar-refractivity contribution in [2.24, 2.45) is 0 Å². The second kappa shape index (κ2) is 5.63. The number of nitrogens with one attached hydrogen (secondary N) is 1. The number of thioether (sulfide) groups is 1. The van der Waals surface area contributed by atoms with Gasteiger partial charge in [-0.3, -0.25) is 9.78 Å². The number of nitrogens with zero attached hydrogens (tertiary/aromatic N) is 1. The molecule has 0 saturated carbocycles. The Morgan fingerprint density at radius 2 is 2.00 bits per heavy atom. The maximum Gasteiger partial charge on any atom is 0.334 e. The third-order valence-electron chi connectivity index (χ3n) is 4.80. The minimum atomic E-state index is -0.372. The van der Waals surface area contributed by atoms with E-state index in [2.05, 4.69) is 18.8 Å². The average molecular weight is 358 g/mol. The molecule has 1 atom stereocenters. The monoisotopic (exact) mass is 358 g/mol. The smallest absolute Gasteiger partial charge is 0.298 e. The van der Waals surface area contributed by atoms with Gasteiger partial charge in [0.15, 0.2) is 0 Å². The number of hydrogen-bond donors (Lipinski definition) is 1. The Balaban J connectivity index is 2.01. The van der Waals surface area contributed by atoms with E-state index in [1.165, 1.54) is 9.44 Å². The maximum absolute atomic E-state index is 13.1. The predicted molar refractivity (Wildman–Crippen MR) is 102 cm³/mol. The van der Waals surface area contributed by atoms with Gasteiger partial charge in [0.2, 0.25) is 0 Å². The van der Waals surface area contributed by atoms with E-state index in [4.69, 9.17) is 0 Å². The summed E-state index contributed by atoms with van der Waals surface area (Å²) in [5.41, 5.74) is 1.16. The second-order valence-corrected chi connectivity index (χ2v) is 9.05. The van der Waals surface area contributed by atoms with Gasteiger partial charge in [0.1, 0.15) is 4.83 Å². The summed E-state index contributed by atoms with van der Waals surface area (Å²) in [4.78, 5) is 30.4. The van der Waals surface area contributed by atoms with Crippen LogP contribution in [-0.2, 0) is 12.2 Å². The highest BCUT2D eigenvalue weighted by Crippen LogP contribution is 2.45. The highest BCUT2D eigenvalue weighted by atomic mass is 32.2. The van der Waals surface area contributed by atoms with Gasteiger partial charge >= 0.3 is 5.69 Å². The molecule has 4 nitrogen and oxygen atoms in total. The van der Waals surface area contributed by atoms with Gasteiger partial charge in [-0.25, -0.2) is 9.36 Å². The van der Waals surface area contributed by atoms with Crippen LogP contribution in [0.5, 0.6) is 0 Å². The molecule has 24 heavy (non-hydrogen) atoms. The fourth-order valence-corrected chi connectivity index (χ4v) is 5.70. The number of aromatic nitrogens is 2. The molecule has 3 aromatic rings. The quantitative estimate of drug-likeness (QED) is 0.760. The first-order valence-corrected chi connectivity index (χ1v) is 9.81. The van der Waals surface area contributed by atoms with Crippen molar-refractivity contribution in [3.05, 3.63) is 61.6 Å². The standard InChI is InChI=1S/C18H18N2O2S2/c1-3-18(2)9-12-13(10-23-18)24-15-14(12)16(21)20(17(22)19-15)11-7-5-4-6-8-11/h4-8H,3,9-10H2,1-2H3,(H,19,22)/t18-/m1/s1. The van der Waals surface area contributed by atoms with Crippen LogP contribution in [-0.4, -0.2) is 14.3 Å². The third-order valence-corrected chi connectivity index (χ3v) is 7.69. The minimum absolute atomic E-state index is 0.154. The van der Waals surface area contributed by atoms with Gasteiger partial charge in [-0.1, -0.05) is 32.0 Å². The molecule has 2 aromatic heterocycles. The van der Waals surface area contributed by atoms with Crippen LogP contribution in [0.15, 0.2) is 39.9 Å². The Morgan fingerprint density at radius 1 is 1.25 bits per heavy atom. The Kier molecular flexibility index (Phi) is 3.69. The number of aromatic amines is 1. The molecular formula is C18H18N2O2S2. The number of fused-ring (bicyclic) bond motifs is 3. The molecule has 3 heterocycles. The zero-order valence-corrected chi connectivity index (χ0v) is 15.2. The van der Waals surface area contributed by atoms with Crippen LogP contribution in [0.3, 0.4) is 0 Å². The highest BCUT2D eigenvalue weighted by Gasteiger charge is 2.32. The predicted octanol–water partition coefficient (Wildman–Crippen LogP) is 3.70. The lowest BCUT2D eigenvalue weighted by molar-refractivity contribution is 0.611. The number of benzene rings is 1. The molecule has 0 radical (unpaired) electrons. The van der Waals surface area contributed by atoms with Crippen LogP contribution in [0.25, 0.3) is 15.9 Å². The number of hydrogen-bond acceptors (Lipinski definition) is 4. The molecule has 1 aliphatic rings. The Hall–Kier alpha value is -1.79. The van der Waals surface area contributed by atoms with Crippen LogP contribution in [0.4, 0.5) is 0 Å². The molecule has 4 rings (SSSR count). The van der Waals surface area contributed by atoms with Crippen LogP contribution < -0.4 is 11.2 Å². The van der Waals surface area contributed by atoms with E-state index >= 15 is 0 Å². The molecule has 1 aromatic carbocycles. The summed E-state index contributed by atoms with van der Waals surface area (Å²) in [5, 5.41) is 0.693. The maximum atomic E-state index is 13.1. The molecule has 0 amide bonds. The molecule has 1 N–H and O–H groups in total. The van der Waals surface area contributed by atoms with Crippen molar-refractivity contribution in [3.63, 3.8) is 0 Å². The Bertz CT molecular complexity index is 1030. The van der Waals surface area contributed by atoms with Gasteiger partial charge in [0, 0.05) is 15.4 Å². The molecule has 0 saturated heterocycles. The average Bonchev–Trinajstić information content (AvgIpc) is 2.93. The summed E-state index contributed by atoms with van der Waals surface area (Å²) in [7, 11) is 0. The summed E-state index contributed by atoms with van der Waals surface area (Å²) in [5.74, 6) is 0.909. The molecule has 0 spiro atoms. The first-order chi connectivity index (χ1) is 11.5. The summed E-state index contributed by atoms with van der Waals surface area (Å²) in [6.07, 6.45) is 1.93. The number of rotatable bonds is 2. The van der Waals surface area contributed by atoms with E-state index in [-0.39, 0.29) is 16.0 Å². The number of H-pyrrole nitrogens is 1. The summed E-state index contributed by atoms with van der Waals surface area (Å²) in [6.45, 7) is 4.45. The van der Waals surface area contributed by atoms with Crippen molar-refractivity contribution in [1.29, 1.82) is 0 Å². The summed E-state index contributed by atoms with van der Waals surface area (Å²) < 4.78 is 1.40. The molecule has 0 aliphatic carbocycles. The first-order valence-electron chi connectivity index (χ1n) is 8.01. The van der Waals surface area contributed by atoms with Crippen LogP contribution >= 0.6 is 23.1 Å². The van der Waals surface area contributed by atoms with E-state index in [9.17, 15) is 9.59 Å². The van der Waals surface area contributed by atoms with Gasteiger partial charge < -0.3 is 0 Å². The lowest BCUT2D eigenvalue weighted by Gasteiger charge is -2.31. The minimum Gasteiger partial charge on any atom is -0.298 e. The SMILES string of the molecule is CC[C@]1(C)Cc2c(sc3[nH]c(=O)n(-c4ccccc4)c(=O)c23)CS1. The van der Waals surface area contributed by atoms with Gasteiger partial charge in [-0.2, -0.15) is 0 Å². The van der Waals surface area contributed by atoms with E-state index in [0.717, 1.165) is 24.2 Å². The van der Waals surface area contributed by atoms with Crippen molar-refractivity contribution in [2.75, 3.05) is 0 Å². The largest absolute Gasteiger partial charge is 0.334 e. The topological polar surface area (TPSA) is 54.9 Å². The molecule has 0 bridgehead atoms. The van der Waals surface area contributed by atoms with E-state index in [1.54, 1.807) is 23.5 Å². The van der Waals surface area contributed by atoms with Crippen LogP contribution in [0, 0.1) is 0 Å². The van der Waals surface area contributed by atoms with Crippen molar-refractivity contribution in [2.45, 2.75) is 37.2 Å². The van der Waals surface area contributed by atoms with Crippen molar-refractivity contribution >= 4 is 33.3 Å². The number of para-hydroxylation sites is 1. The number of thiophene rings is 1. The van der Waals surface area contributed by atoms with Crippen LogP contribution in [0.1, 0.15) is 30.7 Å². The highest BCUT2D eigenvalue weighted by molar-refractivity contribution is 8.00. The zero-order chi connectivity index (χ0) is 16.9. The van der Waals surface area contributed by atoms with Gasteiger partial charge in [-0.05, 0) is 30.5 Å². The van der Waals surface area contributed by atoms with E-state index in [1.807, 2.05) is 30.0 Å². The van der Waals surface area contributed by atoms with Gasteiger partial charge in [0.25, 0.3) is 5.56 Å². The van der Waals surface area contributed by atoms with Crippen molar-refractivity contribution in [1.82, 2.24) is 9.55 Å². The summed E-state index contributed by atoms with van der Waals surface area (Å²) in [6, 6.07) is 9.11. The molecule has 6 heteroatoms. The Morgan fingerprint density at radius 3 is 2.71 bits per heavy atom. The van der Waals surface area contributed by atoms with Crippen molar-refractivity contribution < 1.29 is 0 Å². The van der Waals surface area contributed by atoms with E-state index < -0.39 is 0 Å². The first kappa shape index (κ1) is 15.7. The van der Waals surface area contributed by atoms with Gasteiger partial charge in [-0.15, -0.1) is 23.1 Å². The lowest BCUT2D eigenvalue weighted by atomic mass is 9.96. The normalized spacial score (nSPS) is 20.2. The molecule has 1 aliphatic heterocycles. The lowest BCUT2D eigenvalue weighted by Crippen LogP contribution is -2.34.